The van der Waals surface area contributed by atoms with Crippen LogP contribution in [0.5, 0.6) is 5.75 Å². The van der Waals surface area contributed by atoms with Gasteiger partial charge < -0.3 is 10.1 Å². The molecule has 3 aromatic carbocycles. The number of halogens is 3. The summed E-state index contributed by atoms with van der Waals surface area (Å²) in [4.78, 5) is 16.9. The van der Waals surface area contributed by atoms with Crippen molar-refractivity contribution in [2.45, 2.75) is 11.3 Å². The zero-order valence-corrected chi connectivity index (χ0v) is 18.0. The summed E-state index contributed by atoms with van der Waals surface area (Å²) < 4.78 is 64.9. The third-order valence-corrected chi connectivity index (χ3v) is 5.73. The molecule has 0 radical (unpaired) electrons. The molecule has 0 atom stereocenters. The monoisotopic (exact) mass is 487 g/mol. The van der Waals surface area contributed by atoms with Gasteiger partial charge in [-0.25, -0.2) is 18.5 Å². The van der Waals surface area contributed by atoms with E-state index in [1.807, 2.05) is 0 Å². The molecule has 0 fully saturated rings. The smallest absolute Gasteiger partial charge is 0.406 e. The second-order valence-corrected chi connectivity index (χ2v) is 8.70. The molecule has 0 bridgehead atoms. The second-order valence-electron chi connectivity index (χ2n) is 7.17. The van der Waals surface area contributed by atoms with Gasteiger partial charge in [-0.1, -0.05) is 30.3 Å². The van der Waals surface area contributed by atoms with Crippen molar-refractivity contribution in [1.82, 2.24) is 4.98 Å². The summed E-state index contributed by atoms with van der Waals surface area (Å²) in [5, 5.41) is 8.33. The fourth-order valence-electron chi connectivity index (χ4n) is 3.29. The number of alkyl halides is 3. The Morgan fingerprint density at radius 3 is 2.44 bits per heavy atom. The highest BCUT2D eigenvalue weighted by Gasteiger charge is 2.31. The van der Waals surface area contributed by atoms with Gasteiger partial charge in [0.1, 0.15) is 10.6 Å². The van der Waals surface area contributed by atoms with E-state index in [2.05, 4.69) is 15.0 Å². The number of amides is 1. The summed E-state index contributed by atoms with van der Waals surface area (Å²) in [6, 6.07) is 19.1. The van der Waals surface area contributed by atoms with Crippen molar-refractivity contribution in [3.63, 3.8) is 0 Å². The Labute approximate surface area is 192 Å². The maximum Gasteiger partial charge on any atom is 0.573 e. The number of nitrogens with two attached hydrogens (primary N) is 1. The Kier molecular flexibility index (Phi) is 5.98. The molecule has 174 valence electrons. The number of pyridine rings is 1. The largest absolute Gasteiger partial charge is 0.573 e. The number of carbonyl (C=O) groups is 1. The molecule has 0 saturated heterocycles. The van der Waals surface area contributed by atoms with Crippen LogP contribution in [0.15, 0.2) is 83.8 Å². The van der Waals surface area contributed by atoms with Gasteiger partial charge in [-0.05, 0) is 48.5 Å². The Hall–Kier alpha value is -3.96. The molecular weight excluding hydrogens is 471 g/mol. The van der Waals surface area contributed by atoms with Crippen molar-refractivity contribution in [2.24, 2.45) is 5.14 Å². The van der Waals surface area contributed by atoms with Gasteiger partial charge in [-0.15, -0.1) is 13.2 Å². The second kappa shape index (κ2) is 8.76. The van der Waals surface area contributed by atoms with Crippen molar-refractivity contribution in [2.75, 3.05) is 5.32 Å². The molecule has 1 amide bonds. The zero-order valence-electron chi connectivity index (χ0n) is 17.2. The number of nitrogens with one attached hydrogen (secondary N) is 1. The Morgan fingerprint density at radius 1 is 0.941 bits per heavy atom. The molecule has 34 heavy (non-hydrogen) atoms. The number of benzene rings is 3. The molecule has 11 heteroatoms. The van der Waals surface area contributed by atoms with Gasteiger partial charge in [-0.2, -0.15) is 0 Å². The fraction of sp³-hybridized carbons (Fsp3) is 0.0435. The maximum absolute atomic E-state index is 12.7. The molecule has 0 spiro atoms. The van der Waals surface area contributed by atoms with Crippen LogP contribution in [-0.4, -0.2) is 25.7 Å². The maximum atomic E-state index is 12.7. The number of hydrogen-bond donors (Lipinski definition) is 2. The molecular formula is C23H16F3N3O4S. The number of carbonyl (C=O) groups excluding carboxylic acids is 1. The van der Waals surface area contributed by atoms with Gasteiger partial charge in [0, 0.05) is 16.5 Å². The lowest BCUT2D eigenvalue weighted by Crippen LogP contribution is -2.18. The topological polar surface area (TPSA) is 111 Å². The van der Waals surface area contributed by atoms with E-state index in [4.69, 9.17) is 5.14 Å². The average Bonchev–Trinajstić information content (AvgIpc) is 2.77. The lowest BCUT2D eigenvalue weighted by Gasteiger charge is -2.11. The summed E-state index contributed by atoms with van der Waals surface area (Å²) >= 11 is 0. The van der Waals surface area contributed by atoms with Crippen molar-refractivity contribution >= 4 is 32.5 Å². The van der Waals surface area contributed by atoms with Gasteiger partial charge in [-0.3, -0.25) is 4.79 Å². The van der Waals surface area contributed by atoms with E-state index in [0.29, 0.717) is 22.2 Å². The third-order valence-electron chi connectivity index (χ3n) is 4.76. The molecule has 1 aromatic heterocycles. The van der Waals surface area contributed by atoms with Gasteiger partial charge >= 0.3 is 6.36 Å². The highest BCUT2D eigenvalue weighted by Crippen LogP contribution is 2.28. The van der Waals surface area contributed by atoms with Gasteiger partial charge in [0.05, 0.1) is 16.9 Å². The number of hydrogen-bond acceptors (Lipinski definition) is 5. The van der Waals surface area contributed by atoms with Crippen molar-refractivity contribution in [3.05, 3.63) is 84.4 Å². The molecule has 0 saturated carbocycles. The van der Waals surface area contributed by atoms with Gasteiger partial charge in [0.15, 0.2) is 0 Å². The SMILES string of the molecule is NS(=O)(=O)c1ccccc1NC(=O)c1ccc2nc(-c3cccc(OC(F)(F)F)c3)ccc2c1. The Balaban J connectivity index is 1.60. The summed E-state index contributed by atoms with van der Waals surface area (Å²) in [5.41, 5.74) is 1.63. The van der Waals surface area contributed by atoms with E-state index < -0.39 is 22.3 Å². The number of sulfonamides is 1. The zero-order chi connectivity index (χ0) is 24.5. The molecule has 0 aliphatic carbocycles. The third kappa shape index (κ3) is 5.33. The fourth-order valence-corrected chi connectivity index (χ4v) is 3.99. The number of nitrogens with zero attached hydrogens (tertiary/aromatic N) is 1. The number of primary sulfonamides is 1. The summed E-state index contributed by atoms with van der Waals surface area (Å²) in [6.07, 6.45) is -4.80. The minimum absolute atomic E-state index is 0.0459. The Morgan fingerprint density at radius 2 is 1.71 bits per heavy atom. The summed E-state index contributed by atoms with van der Waals surface area (Å²) in [7, 11) is -4.04. The highest BCUT2D eigenvalue weighted by molar-refractivity contribution is 7.89. The van der Waals surface area contributed by atoms with Crippen LogP contribution >= 0.6 is 0 Å². The lowest BCUT2D eigenvalue weighted by molar-refractivity contribution is -0.274. The van der Waals surface area contributed by atoms with Crippen molar-refractivity contribution in [3.8, 4) is 17.0 Å². The van der Waals surface area contributed by atoms with Crippen molar-refractivity contribution in [1.29, 1.82) is 0 Å². The predicted octanol–water partition coefficient (Wildman–Crippen LogP) is 4.70. The number of ether oxygens (including phenoxy) is 1. The molecule has 3 N–H and O–H groups in total. The van der Waals surface area contributed by atoms with E-state index in [0.717, 1.165) is 0 Å². The molecule has 0 aliphatic heterocycles. The highest BCUT2D eigenvalue weighted by atomic mass is 32.2. The lowest BCUT2D eigenvalue weighted by atomic mass is 10.1. The van der Waals surface area contributed by atoms with Crippen molar-refractivity contribution < 1.29 is 31.1 Å². The number of anilines is 1. The van der Waals surface area contributed by atoms with E-state index in [9.17, 15) is 26.4 Å². The Bertz CT molecular complexity index is 1510. The van der Waals surface area contributed by atoms with Crippen LogP contribution in [0.3, 0.4) is 0 Å². The molecule has 4 aromatic rings. The first-order valence-electron chi connectivity index (χ1n) is 9.70. The first-order chi connectivity index (χ1) is 16.0. The van der Waals surface area contributed by atoms with Crippen LogP contribution in [0.2, 0.25) is 0 Å². The van der Waals surface area contributed by atoms with E-state index in [-0.39, 0.29) is 21.9 Å². The van der Waals surface area contributed by atoms with E-state index in [1.165, 1.54) is 42.5 Å². The summed E-state index contributed by atoms with van der Waals surface area (Å²) in [6.45, 7) is 0. The first-order valence-corrected chi connectivity index (χ1v) is 11.2. The molecule has 7 nitrogen and oxygen atoms in total. The minimum atomic E-state index is -4.80. The average molecular weight is 487 g/mol. The molecule has 1 heterocycles. The minimum Gasteiger partial charge on any atom is -0.406 e. The van der Waals surface area contributed by atoms with Crippen LogP contribution < -0.4 is 15.2 Å². The van der Waals surface area contributed by atoms with E-state index >= 15 is 0 Å². The van der Waals surface area contributed by atoms with Crippen LogP contribution in [0, 0.1) is 0 Å². The standard InChI is InChI=1S/C23H16F3N3O4S/c24-23(25,26)33-17-5-3-4-14(13-17)18-10-8-15-12-16(9-11-19(15)28-18)22(30)29-20-6-1-2-7-21(20)34(27,31)32/h1-13H,(H,29,30)(H2,27,31,32). The molecule has 0 unspecified atom stereocenters. The number of fused-ring (bicyclic) bond motifs is 1. The normalized spacial score (nSPS) is 11.9. The quantitative estimate of drug-likeness (QED) is 0.424. The van der Waals surface area contributed by atoms with Crippen LogP contribution in [0.1, 0.15) is 10.4 Å². The van der Waals surface area contributed by atoms with E-state index in [1.54, 1.807) is 36.4 Å². The van der Waals surface area contributed by atoms with Crippen LogP contribution in [0.25, 0.3) is 22.2 Å². The first kappa shape index (κ1) is 23.2. The predicted molar refractivity (Wildman–Crippen MR) is 120 cm³/mol. The number of aromatic nitrogens is 1. The van der Waals surface area contributed by atoms with Gasteiger partial charge in [0.2, 0.25) is 10.0 Å². The molecule has 0 aliphatic rings. The molecule has 4 rings (SSSR count). The van der Waals surface area contributed by atoms with Gasteiger partial charge in [0.25, 0.3) is 5.91 Å². The number of para-hydroxylation sites is 1. The number of rotatable bonds is 5. The van der Waals surface area contributed by atoms with Crippen LogP contribution in [-0.2, 0) is 10.0 Å². The van der Waals surface area contributed by atoms with Crippen LogP contribution in [0.4, 0.5) is 18.9 Å². The summed E-state index contributed by atoms with van der Waals surface area (Å²) in [5.74, 6) is -0.919.